The Bertz CT molecular complexity index is 3580. The van der Waals surface area contributed by atoms with Crippen LogP contribution in [0.25, 0.3) is 130 Å². The lowest BCUT2D eigenvalue weighted by molar-refractivity contribution is 0.870. The molecule has 264 valence electrons. The van der Waals surface area contributed by atoms with Crippen LogP contribution in [0.1, 0.15) is 25.3 Å². The van der Waals surface area contributed by atoms with Gasteiger partial charge in [-0.05, 0) is 101 Å². The number of hydrogen-bond donors (Lipinski definition) is 0. The molecule has 2 heteroatoms. The van der Waals surface area contributed by atoms with Crippen molar-refractivity contribution >= 4 is 119 Å². The highest BCUT2D eigenvalue weighted by atomic mass is 15.0. The Hall–Kier alpha value is -7.16. The molecule has 0 saturated carbocycles. The van der Waals surface area contributed by atoms with Crippen LogP contribution in [0.4, 0.5) is 0 Å². The Kier molecular flexibility index (Phi) is 5.48. The smallest absolute Gasteiger partial charge is 0.0562 e. The summed E-state index contributed by atoms with van der Waals surface area (Å²) in [6, 6.07) is 62.4. The largest absolute Gasteiger partial charge is 0.308 e. The lowest BCUT2D eigenvalue weighted by Gasteiger charge is -2.21. The van der Waals surface area contributed by atoms with E-state index in [1.54, 1.807) is 0 Å². The van der Waals surface area contributed by atoms with Crippen LogP contribution in [-0.2, 0) is 0 Å². The zero-order valence-electron chi connectivity index (χ0n) is 31.6. The number of nitrogens with zero attached hydrogens (tertiary/aromatic N) is 2. The van der Waals surface area contributed by atoms with Gasteiger partial charge in [0.05, 0.1) is 33.4 Å². The van der Waals surface area contributed by atoms with Crippen LogP contribution in [0.2, 0.25) is 0 Å². The molecule has 0 bridgehead atoms. The van der Waals surface area contributed by atoms with E-state index in [2.05, 4.69) is 187 Å². The van der Waals surface area contributed by atoms with Crippen LogP contribution in [0.15, 0.2) is 164 Å². The lowest BCUT2D eigenvalue weighted by atomic mass is 9.89. The van der Waals surface area contributed by atoms with Gasteiger partial charge in [-0.1, -0.05) is 147 Å². The number of fused-ring (bicyclic) bond motifs is 6. The topological polar surface area (TPSA) is 9.86 Å². The number of aromatic nitrogens is 2. The van der Waals surface area contributed by atoms with Gasteiger partial charge in [0.1, 0.15) is 0 Å². The quantitative estimate of drug-likeness (QED) is 0.161. The first-order valence-electron chi connectivity index (χ1n) is 20.2. The molecule has 0 aliphatic rings. The summed E-state index contributed by atoms with van der Waals surface area (Å²) in [7, 11) is 0. The van der Waals surface area contributed by atoms with Gasteiger partial charge >= 0.3 is 0 Å². The Balaban J connectivity index is 1.22. The molecule has 14 aromatic rings. The SMILES string of the molecule is CC(C)c1cc2ccc3c(-n4c5cccc6c7ccccc7c7cccc4c7c65)cc(-n4c5cccc6c7ccccc7c7cccc4c7c65)c4ccc(c1)c2c34. The number of benzene rings is 12. The van der Waals surface area contributed by atoms with Crippen molar-refractivity contribution in [2.75, 3.05) is 0 Å². The first kappa shape index (κ1) is 30.1. The number of hydrogen-bond acceptors (Lipinski definition) is 0. The molecule has 0 unspecified atom stereocenters. The predicted molar refractivity (Wildman–Crippen MR) is 245 cm³/mol. The van der Waals surface area contributed by atoms with Crippen LogP contribution in [0.5, 0.6) is 0 Å². The Morgan fingerprint density at radius 2 is 0.649 bits per heavy atom. The van der Waals surface area contributed by atoms with Gasteiger partial charge < -0.3 is 9.13 Å². The van der Waals surface area contributed by atoms with Gasteiger partial charge in [0.2, 0.25) is 0 Å². The van der Waals surface area contributed by atoms with Crippen LogP contribution >= 0.6 is 0 Å². The molecule has 12 aromatic carbocycles. The van der Waals surface area contributed by atoms with Crippen molar-refractivity contribution in [1.82, 2.24) is 9.13 Å². The van der Waals surface area contributed by atoms with Crippen LogP contribution in [-0.4, -0.2) is 9.13 Å². The van der Waals surface area contributed by atoms with Gasteiger partial charge in [-0.3, -0.25) is 0 Å². The fourth-order valence-corrected chi connectivity index (χ4v) is 11.1. The molecule has 0 aliphatic carbocycles. The monoisotopic (exact) mass is 722 g/mol. The highest BCUT2D eigenvalue weighted by Crippen LogP contribution is 2.49. The molecule has 0 fully saturated rings. The summed E-state index contributed by atoms with van der Waals surface area (Å²) < 4.78 is 5.16. The van der Waals surface area contributed by atoms with Gasteiger partial charge in [-0.25, -0.2) is 0 Å². The Labute approximate surface area is 327 Å². The van der Waals surface area contributed by atoms with E-state index >= 15 is 0 Å². The van der Waals surface area contributed by atoms with Crippen molar-refractivity contribution in [3.63, 3.8) is 0 Å². The maximum absolute atomic E-state index is 2.58. The molecule has 0 N–H and O–H groups in total. The predicted octanol–water partition coefficient (Wildman–Crippen LogP) is 15.4. The van der Waals surface area contributed by atoms with E-state index in [1.165, 1.54) is 136 Å². The van der Waals surface area contributed by atoms with E-state index in [9.17, 15) is 0 Å². The Morgan fingerprint density at radius 1 is 0.298 bits per heavy atom. The molecule has 0 amide bonds. The van der Waals surface area contributed by atoms with E-state index in [4.69, 9.17) is 0 Å². The summed E-state index contributed by atoms with van der Waals surface area (Å²) >= 11 is 0. The van der Waals surface area contributed by atoms with Crippen molar-refractivity contribution in [2.24, 2.45) is 0 Å². The minimum absolute atomic E-state index is 0.442. The molecule has 0 saturated heterocycles. The maximum Gasteiger partial charge on any atom is 0.0562 e. The molecule has 57 heavy (non-hydrogen) atoms. The summed E-state index contributed by atoms with van der Waals surface area (Å²) in [6.07, 6.45) is 0. The summed E-state index contributed by atoms with van der Waals surface area (Å²) in [5.41, 5.74) is 8.77. The van der Waals surface area contributed by atoms with E-state index in [-0.39, 0.29) is 0 Å². The first-order valence-corrected chi connectivity index (χ1v) is 20.2. The second-order valence-corrected chi connectivity index (χ2v) is 16.6. The maximum atomic E-state index is 2.58. The molecular formula is C55H34N2. The average Bonchev–Trinajstić information content (AvgIpc) is 3.78. The third kappa shape index (κ3) is 3.59. The third-order valence-corrected chi connectivity index (χ3v) is 13.5. The standard InChI is InChI=1S/C55H34N2/c1-30(2)33-27-31-23-25-42-48(56-44-19-7-15-38-34-11-3-4-12-35(34)39-16-8-20-45(56)53(39)52(38)44)29-49(43-26-24-32(28-33)50(31)51(42)43)57-46-21-9-17-40-36-13-5-6-14-37(36)41-18-10-22-47(57)55(41)54(40)46/h3-30H,1-2H3. The van der Waals surface area contributed by atoms with Crippen molar-refractivity contribution in [3.8, 4) is 11.4 Å². The van der Waals surface area contributed by atoms with Gasteiger partial charge in [0.25, 0.3) is 0 Å². The normalized spacial score (nSPS) is 12.9. The van der Waals surface area contributed by atoms with E-state index in [1.807, 2.05) is 0 Å². The van der Waals surface area contributed by atoms with Crippen molar-refractivity contribution in [1.29, 1.82) is 0 Å². The summed E-state index contributed by atoms with van der Waals surface area (Å²) in [6.45, 7) is 4.60. The van der Waals surface area contributed by atoms with Gasteiger partial charge in [0.15, 0.2) is 0 Å². The number of rotatable bonds is 3. The molecule has 0 spiro atoms. The molecule has 0 radical (unpaired) electrons. The minimum Gasteiger partial charge on any atom is -0.308 e. The fraction of sp³-hybridized carbons (Fsp3) is 0.0545. The summed E-state index contributed by atoms with van der Waals surface area (Å²) in [5.74, 6) is 0.442. The molecule has 0 aliphatic heterocycles. The highest BCUT2D eigenvalue weighted by Gasteiger charge is 2.26. The van der Waals surface area contributed by atoms with Crippen molar-refractivity contribution in [2.45, 2.75) is 19.8 Å². The minimum atomic E-state index is 0.442. The average molecular weight is 723 g/mol. The van der Waals surface area contributed by atoms with E-state index in [0.29, 0.717) is 5.92 Å². The first-order chi connectivity index (χ1) is 28.1. The molecule has 0 atom stereocenters. The summed E-state index contributed by atoms with van der Waals surface area (Å²) in [5, 5.41) is 23.6. The van der Waals surface area contributed by atoms with Crippen molar-refractivity contribution in [3.05, 3.63) is 169 Å². The van der Waals surface area contributed by atoms with Crippen LogP contribution < -0.4 is 0 Å². The molecule has 2 aromatic heterocycles. The second-order valence-electron chi connectivity index (χ2n) is 16.6. The third-order valence-electron chi connectivity index (χ3n) is 13.5. The lowest BCUT2D eigenvalue weighted by Crippen LogP contribution is -2.02. The Morgan fingerprint density at radius 3 is 1.00 bits per heavy atom. The molecule has 2 nitrogen and oxygen atoms in total. The highest BCUT2D eigenvalue weighted by molar-refractivity contribution is 6.37. The van der Waals surface area contributed by atoms with Gasteiger partial charge in [-0.15, -0.1) is 0 Å². The van der Waals surface area contributed by atoms with Gasteiger partial charge in [-0.2, -0.15) is 0 Å². The van der Waals surface area contributed by atoms with Crippen LogP contribution in [0.3, 0.4) is 0 Å². The summed E-state index contributed by atoms with van der Waals surface area (Å²) in [4.78, 5) is 0. The molecular weight excluding hydrogens is 689 g/mol. The fourth-order valence-electron chi connectivity index (χ4n) is 11.1. The second kappa shape index (κ2) is 10.4. The van der Waals surface area contributed by atoms with Gasteiger partial charge in [0, 0.05) is 37.7 Å². The van der Waals surface area contributed by atoms with Crippen LogP contribution in [0, 0.1) is 0 Å². The van der Waals surface area contributed by atoms with Crippen molar-refractivity contribution < 1.29 is 0 Å². The molecule has 14 rings (SSSR count). The van der Waals surface area contributed by atoms with E-state index < -0.39 is 0 Å². The zero-order chi connectivity index (χ0) is 37.3. The molecule has 2 heterocycles. The van der Waals surface area contributed by atoms with E-state index in [0.717, 1.165) is 0 Å². The zero-order valence-corrected chi connectivity index (χ0v) is 31.6.